The number of amides is 1. The summed E-state index contributed by atoms with van der Waals surface area (Å²) in [6.07, 6.45) is 0.755. The van der Waals surface area contributed by atoms with Gasteiger partial charge in [0.15, 0.2) is 5.16 Å². The number of aromatic nitrogens is 2. The topological polar surface area (TPSA) is 76.2 Å². The number of carbonyl (C=O) groups excluding carboxylic acids is 1. The highest BCUT2D eigenvalue weighted by Gasteiger charge is 2.19. The van der Waals surface area contributed by atoms with E-state index in [1.807, 2.05) is 32.0 Å². The lowest BCUT2D eigenvalue weighted by Gasteiger charge is -2.14. The van der Waals surface area contributed by atoms with Gasteiger partial charge in [-0.1, -0.05) is 42.1 Å². The molecule has 29 heavy (non-hydrogen) atoms. The molecule has 3 aromatic rings. The van der Waals surface area contributed by atoms with Crippen molar-refractivity contribution in [2.45, 2.75) is 30.7 Å². The number of aryl methyl sites for hydroxylation is 1. The summed E-state index contributed by atoms with van der Waals surface area (Å²) >= 11 is 1.39. The van der Waals surface area contributed by atoms with Crippen LogP contribution >= 0.6 is 11.8 Å². The number of hydrogen-bond donors (Lipinski definition) is 2. The van der Waals surface area contributed by atoms with E-state index in [0.29, 0.717) is 17.2 Å². The lowest BCUT2D eigenvalue weighted by molar-refractivity contribution is -0.115. The van der Waals surface area contributed by atoms with Crippen molar-refractivity contribution in [1.82, 2.24) is 9.97 Å². The monoisotopic (exact) mass is 411 g/mol. The second-order valence-electron chi connectivity index (χ2n) is 6.59. The number of aromatic amines is 1. The van der Waals surface area contributed by atoms with Crippen LogP contribution in [0.3, 0.4) is 0 Å². The average Bonchev–Trinajstić information content (AvgIpc) is 3.07. The Bertz CT molecular complexity index is 973. The average molecular weight is 412 g/mol. The number of nitrogens with zero attached hydrogens (tertiary/aromatic N) is 1. The van der Waals surface area contributed by atoms with Crippen molar-refractivity contribution in [3.8, 4) is 11.5 Å². The molecule has 2 N–H and O–H groups in total. The van der Waals surface area contributed by atoms with E-state index >= 15 is 0 Å². The van der Waals surface area contributed by atoms with Gasteiger partial charge in [-0.05, 0) is 31.5 Å². The maximum Gasteiger partial charge on any atom is 0.237 e. The molecule has 0 aliphatic carbocycles. The van der Waals surface area contributed by atoms with Gasteiger partial charge < -0.3 is 19.8 Å². The van der Waals surface area contributed by atoms with Crippen LogP contribution in [0, 0.1) is 6.92 Å². The molecule has 0 saturated carbocycles. The fraction of sp³-hybridized carbons (Fsp3) is 0.273. The molecule has 152 valence electrons. The molecule has 0 spiro atoms. The molecule has 1 heterocycles. The Morgan fingerprint density at radius 3 is 2.62 bits per heavy atom. The van der Waals surface area contributed by atoms with Crippen LogP contribution in [-0.2, 0) is 11.2 Å². The van der Waals surface area contributed by atoms with Gasteiger partial charge in [-0.15, -0.1) is 0 Å². The molecule has 0 radical (unpaired) electrons. The van der Waals surface area contributed by atoms with Crippen LogP contribution in [-0.4, -0.2) is 35.3 Å². The van der Waals surface area contributed by atoms with Crippen LogP contribution in [0.2, 0.25) is 0 Å². The first-order chi connectivity index (χ1) is 14.0. The van der Waals surface area contributed by atoms with Crippen molar-refractivity contribution in [2.24, 2.45) is 0 Å². The summed E-state index contributed by atoms with van der Waals surface area (Å²) in [7, 11) is 3.15. The number of imidazole rings is 1. The third kappa shape index (κ3) is 5.32. The molecule has 1 atom stereocenters. The molecule has 0 aliphatic rings. The number of ether oxygens (including phenoxy) is 2. The Hall–Kier alpha value is -2.93. The zero-order valence-electron chi connectivity index (χ0n) is 17.0. The fourth-order valence-electron chi connectivity index (χ4n) is 2.85. The number of hydrogen-bond acceptors (Lipinski definition) is 5. The molecular formula is C22H25N3O3S. The predicted octanol–water partition coefficient (Wildman–Crippen LogP) is 4.45. The minimum Gasteiger partial charge on any atom is -0.497 e. The summed E-state index contributed by atoms with van der Waals surface area (Å²) < 4.78 is 10.6. The second kappa shape index (κ2) is 9.52. The number of nitrogens with one attached hydrogen (secondary N) is 2. The fourth-order valence-corrected chi connectivity index (χ4v) is 3.73. The highest BCUT2D eigenvalue weighted by molar-refractivity contribution is 8.00. The summed E-state index contributed by atoms with van der Waals surface area (Å²) in [6, 6.07) is 15.5. The zero-order valence-corrected chi connectivity index (χ0v) is 17.8. The van der Waals surface area contributed by atoms with Crippen LogP contribution in [0.15, 0.2) is 53.7 Å². The molecule has 6 nitrogen and oxygen atoms in total. The van der Waals surface area contributed by atoms with E-state index in [4.69, 9.17) is 9.47 Å². The summed E-state index contributed by atoms with van der Waals surface area (Å²) in [5.74, 6) is 1.09. The maximum atomic E-state index is 12.7. The van der Waals surface area contributed by atoms with Crippen LogP contribution < -0.4 is 14.8 Å². The van der Waals surface area contributed by atoms with Crippen molar-refractivity contribution in [3.63, 3.8) is 0 Å². The maximum absolute atomic E-state index is 12.7. The normalized spacial score (nSPS) is 11.7. The molecule has 1 aromatic heterocycles. The summed E-state index contributed by atoms with van der Waals surface area (Å²) in [6.45, 7) is 3.85. The molecule has 2 aromatic carbocycles. The summed E-state index contributed by atoms with van der Waals surface area (Å²) in [5.41, 5.74) is 3.78. The lowest BCUT2D eigenvalue weighted by Crippen LogP contribution is -2.22. The number of thioether (sulfide) groups is 1. The Balaban J connectivity index is 1.66. The molecule has 0 fully saturated rings. The summed E-state index contributed by atoms with van der Waals surface area (Å²) in [4.78, 5) is 20.7. The van der Waals surface area contributed by atoms with E-state index < -0.39 is 0 Å². The van der Waals surface area contributed by atoms with E-state index in [9.17, 15) is 4.79 Å². The van der Waals surface area contributed by atoms with Gasteiger partial charge in [-0.25, -0.2) is 4.98 Å². The molecular weight excluding hydrogens is 386 g/mol. The first-order valence-corrected chi connectivity index (χ1v) is 10.2. The van der Waals surface area contributed by atoms with E-state index in [1.54, 1.807) is 32.4 Å². The van der Waals surface area contributed by atoms with Crippen molar-refractivity contribution < 1.29 is 14.3 Å². The minimum absolute atomic E-state index is 0.139. The van der Waals surface area contributed by atoms with Crippen LogP contribution in [0.5, 0.6) is 11.5 Å². The van der Waals surface area contributed by atoms with Gasteiger partial charge >= 0.3 is 0 Å². The SMILES string of the molecule is COc1ccc(OC)c(NC(=O)[C@@H](C)Sc2nc(Cc3ccccc3)c(C)[nH]2)c1. The number of rotatable bonds is 8. The first-order valence-electron chi connectivity index (χ1n) is 9.29. The zero-order chi connectivity index (χ0) is 20.8. The van der Waals surface area contributed by atoms with E-state index in [1.165, 1.54) is 17.3 Å². The van der Waals surface area contributed by atoms with Gasteiger partial charge in [-0.3, -0.25) is 4.79 Å². The Morgan fingerprint density at radius 2 is 1.93 bits per heavy atom. The van der Waals surface area contributed by atoms with Crippen LogP contribution in [0.1, 0.15) is 23.9 Å². The second-order valence-corrected chi connectivity index (χ2v) is 7.92. The molecule has 0 aliphatic heterocycles. The quantitative estimate of drug-likeness (QED) is 0.536. The van der Waals surface area contributed by atoms with Gasteiger partial charge in [0.2, 0.25) is 5.91 Å². The third-order valence-electron chi connectivity index (χ3n) is 4.50. The van der Waals surface area contributed by atoms with Crippen LogP contribution in [0.25, 0.3) is 0 Å². The largest absolute Gasteiger partial charge is 0.497 e. The predicted molar refractivity (Wildman–Crippen MR) is 116 cm³/mol. The van der Waals surface area contributed by atoms with Crippen molar-refractivity contribution in [1.29, 1.82) is 0 Å². The Labute approximate surface area is 175 Å². The molecule has 0 unspecified atom stereocenters. The highest BCUT2D eigenvalue weighted by Crippen LogP contribution is 2.30. The van der Waals surface area contributed by atoms with Crippen LogP contribution in [0.4, 0.5) is 5.69 Å². The minimum atomic E-state index is -0.346. The van der Waals surface area contributed by atoms with Gasteiger partial charge in [0.1, 0.15) is 11.5 Å². The Kier molecular flexibility index (Phi) is 6.82. The van der Waals surface area contributed by atoms with E-state index in [0.717, 1.165) is 23.0 Å². The number of H-pyrrole nitrogens is 1. The molecule has 0 saturated heterocycles. The molecule has 7 heteroatoms. The molecule has 0 bridgehead atoms. The van der Waals surface area contributed by atoms with Gasteiger partial charge in [-0.2, -0.15) is 0 Å². The van der Waals surface area contributed by atoms with Crippen molar-refractivity contribution in [2.75, 3.05) is 19.5 Å². The smallest absolute Gasteiger partial charge is 0.237 e. The molecule has 3 rings (SSSR count). The highest BCUT2D eigenvalue weighted by atomic mass is 32.2. The van der Waals surface area contributed by atoms with E-state index in [2.05, 4.69) is 27.4 Å². The number of anilines is 1. The van der Waals surface area contributed by atoms with Gasteiger partial charge in [0.25, 0.3) is 0 Å². The third-order valence-corrected chi connectivity index (χ3v) is 5.48. The number of benzene rings is 2. The standard InChI is InChI=1S/C22H25N3O3S/c1-14-18(12-16-8-6-5-7-9-16)25-22(23-14)29-15(2)21(26)24-19-13-17(27-3)10-11-20(19)28-4/h5-11,13,15H,12H2,1-4H3,(H,23,25)(H,24,26)/t15-/m1/s1. The number of carbonyl (C=O) groups is 1. The molecule has 1 amide bonds. The van der Waals surface area contributed by atoms with Crippen molar-refractivity contribution >= 4 is 23.4 Å². The van der Waals surface area contributed by atoms with Gasteiger partial charge in [0, 0.05) is 18.2 Å². The first kappa shape index (κ1) is 20.8. The summed E-state index contributed by atoms with van der Waals surface area (Å²) in [5, 5.41) is 3.30. The number of methoxy groups -OCH3 is 2. The lowest BCUT2D eigenvalue weighted by atomic mass is 10.1. The van der Waals surface area contributed by atoms with Gasteiger partial charge in [0.05, 0.1) is 30.9 Å². The van der Waals surface area contributed by atoms with Crippen molar-refractivity contribution in [3.05, 3.63) is 65.5 Å². The Morgan fingerprint density at radius 1 is 1.17 bits per heavy atom. The van der Waals surface area contributed by atoms with E-state index in [-0.39, 0.29) is 11.2 Å².